The van der Waals surface area contributed by atoms with E-state index in [0.29, 0.717) is 24.9 Å². The molecule has 0 aromatic carbocycles. The van der Waals surface area contributed by atoms with Gasteiger partial charge in [0.15, 0.2) is 0 Å². The summed E-state index contributed by atoms with van der Waals surface area (Å²) in [6.07, 6.45) is 2.67. The first-order valence-corrected chi connectivity index (χ1v) is 7.17. The Morgan fingerprint density at radius 1 is 1.47 bits per heavy atom. The molecule has 0 bridgehead atoms. The van der Waals surface area contributed by atoms with Crippen molar-refractivity contribution in [2.75, 3.05) is 19.0 Å². The molecule has 0 aliphatic carbocycles. The Morgan fingerprint density at radius 3 is 2.53 bits per heavy atom. The molecular formula is C13H24ClNO2. The zero-order valence-electron chi connectivity index (χ0n) is 11.1. The van der Waals surface area contributed by atoms with E-state index >= 15 is 0 Å². The topological polar surface area (TPSA) is 29.5 Å². The zero-order valence-corrected chi connectivity index (χ0v) is 11.9. The summed E-state index contributed by atoms with van der Waals surface area (Å²) in [6.45, 7) is 7.64. The summed E-state index contributed by atoms with van der Waals surface area (Å²) in [5.41, 5.74) is 0. The van der Waals surface area contributed by atoms with Crippen molar-refractivity contribution in [2.24, 2.45) is 5.92 Å². The molecule has 2 unspecified atom stereocenters. The van der Waals surface area contributed by atoms with Crippen LogP contribution < -0.4 is 0 Å². The normalized spacial score (nSPS) is 24.3. The molecule has 1 rings (SSSR count). The van der Waals surface area contributed by atoms with Crippen molar-refractivity contribution in [3.63, 3.8) is 0 Å². The van der Waals surface area contributed by atoms with E-state index in [4.69, 9.17) is 16.3 Å². The Labute approximate surface area is 109 Å². The van der Waals surface area contributed by atoms with Gasteiger partial charge in [0.2, 0.25) is 0 Å². The smallest absolute Gasteiger partial charge is 0.252 e. The van der Waals surface area contributed by atoms with Gasteiger partial charge >= 0.3 is 0 Å². The lowest BCUT2D eigenvalue weighted by molar-refractivity contribution is -0.144. The summed E-state index contributed by atoms with van der Waals surface area (Å²) in [4.78, 5) is 14.4. The average Bonchev–Trinajstić information content (AvgIpc) is 2.75. The van der Waals surface area contributed by atoms with E-state index in [1.54, 1.807) is 0 Å². The monoisotopic (exact) mass is 261 g/mol. The van der Waals surface area contributed by atoms with Gasteiger partial charge in [0, 0.05) is 25.1 Å². The van der Waals surface area contributed by atoms with Crippen molar-refractivity contribution in [1.82, 2.24) is 4.90 Å². The van der Waals surface area contributed by atoms with Crippen molar-refractivity contribution in [1.29, 1.82) is 0 Å². The van der Waals surface area contributed by atoms with E-state index < -0.39 is 0 Å². The van der Waals surface area contributed by atoms with Crippen molar-refractivity contribution in [3.05, 3.63) is 0 Å². The highest BCUT2D eigenvalue weighted by atomic mass is 35.5. The van der Waals surface area contributed by atoms with E-state index in [9.17, 15) is 4.79 Å². The van der Waals surface area contributed by atoms with Gasteiger partial charge in [-0.25, -0.2) is 0 Å². The second-order valence-corrected chi connectivity index (χ2v) is 5.13. The Hall–Kier alpha value is -0.280. The molecule has 0 spiro atoms. The maximum absolute atomic E-state index is 12.4. The summed E-state index contributed by atoms with van der Waals surface area (Å²) in [6, 6.07) is 0.289. The van der Waals surface area contributed by atoms with Gasteiger partial charge in [-0.05, 0) is 25.2 Å². The number of alkyl halides is 1. The lowest BCUT2D eigenvalue weighted by Gasteiger charge is -2.32. The van der Waals surface area contributed by atoms with E-state index in [-0.39, 0.29) is 18.1 Å². The van der Waals surface area contributed by atoms with Crippen molar-refractivity contribution < 1.29 is 9.53 Å². The van der Waals surface area contributed by atoms with Gasteiger partial charge in [0.25, 0.3) is 5.91 Å². The molecule has 1 saturated heterocycles. The molecule has 2 atom stereocenters. The molecule has 1 amide bonds. The molecule has 3 nitrogen and oxygen atoms in total. The molecular weight excluding hydrogens is 238 g/mol. The molecule has 0 N–H and O–H groups in total. The van der Waals surface area contributed by atoms with E-state index in [0.717, 1.165) is 19.3 Å². The summed E-state index contributed by atoms with van der Waals surface area (Å²) in [7, 11) is 0. The highest BCUT2D eigenvalue weighted by Crippen LogP contribution is 2.23. The van der Waals surface area contributed by atoms with Crippen LogP contribution in [-0.4, -0.2) is 42.0 Å². The van der Waals surface area contributed by atoms with Crippen molar-refractivity contribution in [3.8, 4) is 0 Å². The average molecular weight is 262 g/mol. The van der Waals surface area contributed by atoms with Crippen LogP contribution in [0.15, 0.2) is 0 Å². The highest BCUT2D eigenvalue weighted by Gasteiger charge is 2.35. The standard InChI is InChI=1S/C13H24ClNO2/c1-4-11(5-2)15(8-7-14)13(16)12-10(3)6-9-17-12/h10-12H,4-9H2,1-3H3. The van der Waals surface area contributed by atoms with Gasteiger partial charge in [-0.2, -0.15) is 0 Å². The minimum absolute atomic E-state index is 0.129. The largest absolute Gasteiger partial charge is 0.368 e. The molecule has 1 heterocycles. The number of hydrogen-bond donors (Lipinski definition) is 0. The lowest BCUT2D eigenvalue weighted by Crippen LogP contribution is -2.47. The SMILES string of the molecule is CCC(CC)N(CCCl)C(=O)C1OCCC1C. The van der Waals surface area contributed by atoms with Gasteiger partial charge in [0.1, 0.15) is 6.10 Å². The molecule has 0 saturated carbocycles. The fraction of sp³-hybridized carbons (Fsp3) is 0.923. The fourth-order valence-electron chi connectivity index (χ4n) is 2.47. The number of hydrogen-bond acceptors (Lipinski definition) is 2. The minimum atomic E-state index is -0.251. The second-order valence-electron chi connectivity index (χ2n) is 4.75. The molecule has 0 radical (unpaired) electrons. The number of carbonyl (C=O) groups excluding carboxylic acids is 1. The molecule has 0 aromatic heterocycles. The summed E-state index contributed by atoms with van der Waals surface area (Å²) < 4.78 is 5.56. The van der Waals surface area contributed by atoms with E-state index in [1.807, 2.05) is 4.90 Å². The molecule has 0 aromatic rings. The minimum Gasteiger partial charge on any atom is -0.368 e. The zero-order chi connectivity index (χ0) is 12.8. The van der Waals surface area contributed by atoms with Crippen LogP contribution in [0, 0.1) is 5.92 Å². The fourth-order valence-corrected chi connectivity index (χ4v) is 2.65. The number of nitrogens with zero attached hydrogens (tertiary/aromatic N) is 1. The molecule has 100 valence electrons. The van der Waals surface area contributed by atoms with Crippen LogP contribution in [0.1, 0.15) is 40.0 Å². The number of halogens is 1. The third kappa shape index (κ3) is 3.59. The maximum Gasteiger partial charge on any atom is 0.252 e. The molecule has 4 heteroatoms. The number of amides is 1. The quantitative estimate of drug-likeness (QED) is 0.688. The Bertz CT molecular complexity index is 244. The Balaban J connectivity index is 2.71. The van der Waals surface area contributed by atoms with Crippen molar-refractivity contribution in [2.45, 2.75) is 52.2 Å². The van der Waals surface area contributed by atoms with Crippen LogP contribution in [0.3, 0.4) is 0 Å². The maximum atomic E-state index is 12.4. The van der Waals surface area contributed by atoms with Crippen LogP contribution >= 0.6 is 11.6 Å². The van der Waals surface area contributed by atoms with Gasteiger partial charge in [-0.15, -0.1) is 11.6 Å². The molecule has 1 aliphatic rings. The van der Waals surface area contributed by atoms with E-state index in [1.165, 1.54) is 0 Å². The predicted molar refractivity (Wildman–Crippen MR) is 70.3 cm³/mol. The summed E-state index contributed by atoms with van der Waals surface area (Å²) in [5, 5.41) is 0. The van der Waals surface area contributed by atoms with Crippen molar-refractivity contribution >= 4 is 17.5 Å². The second kappa shape index (κ2) is 7.22. The van der Waals surface area contributed by atoms with Crippen LogP contribution in [0.25, 0.3) is 0 Å². The first-order chi connectivity index (χ1) is 8.15. The van der Waals surface area contributed by atoms with Crippen LogP contribution in [0.2, 0.25) is 0 Å². The van der Waals surface area contributed by atoms with Gasteiger partial charge in [-0.1, -0.05) is 20.8 Å². The van der Waals surface area contributed by atoms with Gasteiger partial charge in [0.05, 0.1) is 0 Å². The summed E-state index contributed by atoms with van der Waals surface area (Å²) in [5.74, 6) is 0.947. The number of carbonyl (C=O) groups is 1. The van der Waals surface area contributed by atoms with Gasteiger partial charge in [-0.3, -0.25) is 4.79 Å². The van der Waals surface area contributed by atoms with E-state index in [2.05, 4.69) is 20.8 Å². The third-order valence-electron chi connectivity index (χ3n) is 3.62. The predicted octanol–water partition coefficient (Wildman–Crippen LogP) is 2.67. The first-order valence-electron chi connectivity index (χ1n) is 6.63. The Kier molecular flexibility index (Phi) is 6.28. The van der Waals surface area contributed by atoms with Gasteiger partial charge < -0.3 is 9.64 Å². The Morgan fingerprint density at radius 2 is 2.12 bits per heavy atom. The first kappa shape index (κ1) is 14.8. The third-order valence-corrected chi connectivity index (χ3v) is 3.79. The molecule has 1 aliphatic heterocycles. The number of rotatable bonds is 6. The summed E-state index contributed by atoms with van der Waals surface area (Å²) >= 11 is 5.81. The molecule has 1 fully saturated rings. The van der Waals surface area contributed by atoms with Crippen LogP contribution in [-0.2, 0) is 9.53 Å². The highest BCUT2D eigenvalue weighted by molar-refractivity contribution is 6.18. The van der Waals surface area contributed by atoms with Crippen LogP contribution in [0.5, 0.6) is 0 Å². The lowest BCUT2D eigenvalue weighted by atomic mass is 10.0. The van der Waals surface area contributed by atoms with Crippen LogP contribution in [0.4, 0.5) is 0 Å². The number of ether oxygens (including phenoxy) is 1. The molecule has 17 heavy (non-hydrogen) atoms.